The lowest BCUT2D eigenvalue weighted by atomic mass is 10.1. The molecule has 0 unspecified atom stereocenters. The molecule has 2 aromatic heterocycles. The number of rotatable bonds is 10. The molecule has 6 nitrogen and oxygen atoms in total. The second kappa shape index (κ2) is 9.57. The summed E-state index contributed by atoms with van der Waals surface area (Å²) in [5.74, 6) is 0.878. The summed E-state index contributed by atoms with van der Waals surface area (Å²) in [5.41, 5.74) is 5.10. The van der Waals surface area contributed by atoms with Gasteiger partial charge in [0.1, 0.15) is 31.5 Å². The van der Waals surface area contributed by atoms with Gasteiger partial charge >= 0.3 is 0 Å². The Bertz CT molecular complexity index is 1250. The van der Waals surface area contributed by atoms with Gasteiger partial charge in [-0.15, -0.1) is 0 Å². The number of quaternary nitrogens is 1. The first-order valence-corrected chi connectivity index (χ1v) is 12.0. The highest BCUT2D eigenvalue weighted by Gasteiger charge is 2.25. The highest BCUT2D eigenvalue weighted by Crippen LogP contribution is 2.37. The molecule has 33 heavy (non-hydrogen) atoms. The molecule has 0 saturated heterocycles. The Hall–Kier alpha value is -2.83. The summed E-state index contributed by atoms with van der Waals surface area (Å²) >= 11 is 0. The van der Waals surface area contributed by atoms with Crippen molar-refractivity contribution in [2.24, 2.45) is 7.05 Å². The zero-order chi connectivity index (χ0) is 23.6. The van der Waals surface area contributed by atoms with E-state index in [0.717, 1.165) is 70.7 Å². The summed E-state index contributed by atoms with van der Waals surface area (Å²) in [6.07, 6.45) is 0. The van der Waals surface area contributed by atoms with Crippen LogP contribution in [0.2, 0.25) is 0 Å². The topological polar surface area (TPSA) is 41.5 Å². The second-order valence-electron chi connectivity index (χ2n) is 9.70. The van der Waals surface area contributed by atoms with Crippen molar-refractivity contribution in [3.63, 3.8) is 0 Å². The van der Waals surface area contributed by atoms with E-state index in [1.807, 2.05) is 12.1 Å². The number of aromatic nitrogens is 1. The number of nitrogens with zero attached hydrogens (tertiary/aromatic N) is 3. The third kappa shape index (κ3) is 4.92. The lowest BCUT2D eigenvalue weighted by molar-refractivity contribution is -0.870. The number of para-hydroxylation sites is 1. The average Bonchev–Trinajstić information content (AvgIpc) is 3.17. The molecule has 0 fully saturated rings. The number of benzene rings is 2. The zero-order valence-corrected chi connectivity index (χ0v) is 20.9. The fourth-order valence-corrected chi connectivity index (χ4v) is 4.37. The molecular weight excluding hydrogens is 412 g/mol. The molecule has 0 saturated carbocycles. The Morgan fingerprint density at radius 2 is 1.79 bits per heavy atom. The Morgan fingerprint density at radius 3 is 2.52 bits per heavy atom. The van der Waals surface area contributed by atoms with Crippen LogP contribution in [0, 0.1) is 0 Å². The molecule has 2 aromatic carbocycles. The van der Waals surface area contributed by atoms with E-state index < -0.39 is 0 Å². The van der Waals surface area contributed by atoms with E-state index in [4.69, 9.17) is 9.15 Å². The molecular formula is C27H38N4O2+2. The summed E-state index contributed by atoms with van der Waals surface area (Å²) in [5, 5.41) is 5.95. The van der Waals surface area contributed by atoms with Crippen molar-refractivity contribution in [3.8, 4) is 5.75 Å². The lowest BCUT2D eigenvalue weighted by Crippen LogP contribution is -2.38. The van der Waals surface area contributed by atoms with Gasteiger partial charge in [0.2, 0.25) is 11.1 Å². The molecule has 0 aliphatic heterocycles. The fourth-order valence-electron chi connectivity index (χ4n) is 4.37. The van der Waals surface area contributed by atoms with E-state index in [2.05, 4.69) is 87.2 Å². The van der Waals surface area contributed by atoms with E-state index in [-0.39, 0.29) is 0 Å². The van der Waals surface area contributed by atoms with Crippen molar-refractivity contribution in [1.29, 1.82) is 0 Å². The molecule has 0 aliphatic carbocycles. The molecule has 0 spiro atoms. The van der Waals surface area contributed by atoms with Gasteiger partial charge in [0.15, 0.2) is 0 Å². The van der Waals surface area contributed by atoms with Crippen LogP contribution >= 0.6 is 0 Å². The minimum atomic E-state index is 0.679. The van der Waals surface area contributed by atoms with Gasteiger partial charge in [0.05, 0.1) is 37.6 Å². The van der Waals surface area contributed by atoms with Crippen LogP contribution in [-0.4, -0.2) is 69.9 Å². The molecule has 4 rings (SSSR count). The van der Waals surface area contributed by atoms with Crippen molar-refractivity contribution in [3.05, 3.63) is 42.5 Å². The molecule has 1 N–H and O–H groups in total. The Labute approximate surface area is 196 Å². The first-order valence-electron chi connectivity index (χ1n) is 12.0. The number of hydrogen-bond donors (Lipinski definition) is 1. The van der Waals surface area contributed by atoms with Crippen LogP contribution in [-0.2, 0) is 7.05 Å². The van der Waals surface area contributed by atoms with Crippen LogP contribution in [0.5, 0.6) is 5.75 Å². The van der Waals surface area contributed by atoms with Crippen LogP contribution in [0.1, 0.15) is 13.8 Å². The van der Waals surface area contributed by atoms with Crippen molar-refractivity contribution in [2.45, 2.75) is 13.8 Å². The van der Waals surface area contributed by atoms with E-state index in [9.17, 15) is 0 Å². The SMILES string of the molecule is CCN(CC)CCNc1c2ccccc2[n+](C)c2c1oc1ccc(OCC[N+](C)(C)C)cc12. The maximum absolute atomic E-state index is 6.44. The average molecular weight is 451 g/mol. The van der Waals surface area contributed by atoms with Gasteiger partial charge < -0.3 is 23.9 Å². The molecule has 0 amide bonds. The highest BCUT2D eigenvalue weighted by molar-refractivity contribution is 6.11. The smallest absolute Gasteiger partial charge is 0.261 e. The van der Waals surface area contributed by atoms with Gasteiger partial charge in [0.25, 0.3) is 5.52 Å². The predicted molar refractivity (Wildman–Crippen MR) is 137 cm³/mol. The van der Waals surface area contributed by atoms with E-state index in [0.29, 0.717) is 6.61 Å². The van der Waals surface area contributed by atoms with Crippen molar-refractivity contribution < 1.29 is 18.2 Å². The minimum Gasteiger partial charge on any atom is -0.488 e. The monoisotopic (exact) mass is 450 g/mol. The van der Waals surface area contributed by atoms with Crippen molar-refractivity contribution >= 4 is 38.7 Å². The Balaban J connectivity index is 1.77. The van der Waals surface area contributed by atoms with Crippen LogP contribution in [0.4, 0.5) is 5.69 Å². The maximum Gasteiger partial charge on any atom is 0.261 e. The van der Waals surface area contributed by atoms with Crippen LogP contribution < -0.4 is 14.6 Å². The van der Waals surface area contributed by atoms with Gasteiger partial charge in [-0.2, -0.15) is 4.57 Å². The Morgan fingerprint density at radius 1 is 1.03 bits per heavy atom. The standard InChI is InChI=1S/C27H37N4O2/c1-7-30(8-2)16-15-28-25-21-11-9-10-12-23(21)29(3)26-22-19-20(32-18-17-31(4,5)6)13-14-24(22)33-27(25)26/h9-14,19H,7-8,15-18H2,1-6H3/q+1/p+1. The molecule has 4 aromatic rings. The summed E-state index contributed by atoms with van der Waals surface area (Å²) in [7, 11) is 8.64. The van der Waals surface area contributed by atoms with Gasteiger partial charge in [0, 0.05) is 19.2 Å². The predicted octanol–water partition coefficient (Wildman–Crippen LogP) is 4.40. The number of pyridine rings is 1. The minimum absolute atomic E-state index is 0.679. The zero-order valence-electron chi connectivity index (χ0n) is 20.9. The molecule has 2 heterocycles. The first-order chi connectivity index (χ1) is 15.8. The quantitative estimate of drug-likeness (QED) is 0.287. The lowest BCUT2D eigenvalue weighted by Gasteiger charge is -2.23. The summed E-state index contributed by atoms with van der Waals surface area (Å²) in [4.78, 5) is 2.42. The van der Waals surface area contributed by atoms with Gasteiger partial charge in [-0.05, 0) is 37.4 Å². The number of anilines is 1. The van der Waals surface area contributed by atoms with E-state index in [1.54, 1.807) is 0 Å². The largest absolute Gasteiger partial charge is 0.488 e. The highest BCUT2D eigenvalue weighted by atomic mass is 16.5. The normalized spacial score (nSPS) is 12.3. The molecule has 176 valence electrons. The maximum atomic E-state index is 6.44. The van der Waals surface area contributed by atoms with Crippen LogP contribution in [0.3, 0.4) is 0 Å². The number of ether oxygens (including phenoxy) is 1. The number of likely N-dealkylation sites (N-methyl/N-ethyl adjacent to an activating group) is 2. The number of furan rings is 1. The molecule has 0 aliphatic rings. The summed E-state index contributed by atoms with van der Waals surface area (Å²) in [6, 6.07) is 14.7. The van der Waals surface area contributed by atoms with Gasteiger partial charge in [-0.1, -0.05) is 26.0 Å². The van der Waals surface area contributed by atoms with Crippen molar-refractivity contribution in [1.82, 2.24) is 4.90 Å². The van der Waals surface area contributed by atoms with Gasteiger partial charge in [-0.25, -0.2) is 0 Å². The fraction of sp³-hybridized carbons (Fsp3) is 0.444. The molecule has 0 bridgehead atoms. The number of hydrogen-bond acceptors (Lipinski definition) is 4. The molecule has 6 heteroatoms. The number of fused-ring (bicyclic) bond motifs is 4. The first kappa shape index (κ1) is 23.3. The van der Waals surface area contributed by atoms with Crippen LogP contribution in [0.25, 0.3) is 33.0 Å². The number of nitrogens with one attached hydrogen (secondary N) is 1. The molecule has 0 radical (unpaired) electrons. The number of aryl methyl sites for hydroxylation is 1. The third-order valence-electron chi connectivity index (χ3n) is 6.39. The van der Waals surface area contributed by atoms with Crippen LogP contribution in [0.15, 0.2) is 46.9 Å². The van der Waals surface area contributed by atoms with Gasteiger partial charge in [-0.3, -0.25) is 0 Å². The van der Waals surface area contributed by atoms with E-state index >= 15 is 0 Å². The second-order valence-corrected chi connectivity index (χ2v) is 9.70. The summed E-state index contributed by atoms with van der Waals surface area (Å²) in [6.45, 7) is 10.0. The summed E-state index contributed by atoms with van der Waals surface area (Å²) < 4.78 is 15.6. The molecule has 0 atom stereocenters. The van der Waals surface area contributed by atoms with E-state index in [1.165, 1.54) is 10.9 Å². The third-order valence-corrected chi connectivity index (χ3v) is 6.39. The Kier molecular flexibility index (Phi) is 6.77. The van der Waals surface area contributed by atoms with Crippen molar-refractivity contribution in [2.75, 3.05) is 65.8 Å².